The highest BCUT2D eigenvalue weighted by Crippen LogP contribution is 2.39. The predicted octanol–water partition coefficient (Wildman–Crippen LogP) is 5.55. The van der Waals surface area contributed by atoms with Crippen LogP contribution in [-0.2, 0) is 29.4 Å². The maximum Gasteiger partial charge on any atom is 0.340 e. The van der Waals surface area contributed by atoms with Gasteiger partial charge in [0.05, 0.1) is 35.0 Å². The van der Waals surface area contributed by atoms with E-state index in [0.717, 1.165) is 24.2 Å². The average Bonchev–Trinajstić information content (AvgIpc) is 3.16. The van der Waals surface area contributed by atoms with Gasteiger partial charge in [-0.05, 0) is 94.3 Å². The molecule has 0 radical (unpaired) electrons. The average molecular weight is 544 g/mol. The van der Waals surface area contributed by atoms with Gasteiger partial charge in [-0.15, -0.1) is 0 Å². The lowest BCUT2D eigenvalue weighted by Crippen LogP contribution is -2.20. The number of benzene rings is 2. The van der Waals surface area contributed by atoms with Gasteiger partial charge in [0.2, 0.25) is 0 Å². The number of rotatable bonds is 9. The molecule has 9 heteroatoms. The summed E-state index contributed by atoms with van der Waals surface area (Å²) in [6.07, 6.45) is 5.23. The molecule has 4 rings (SSSR count). The number of carbonyl (C=O) groups excluding carboxylic acids is 2. The Morgan fingerprint density at radius 1 is 1.18 bits per heavy atom. The number of nitrogens with zero attached hydrogens (tertiary/aromatic N) is 4. The quantitative estimate of drug-likeness (QED) is 0.120. The van der Waals surface area contributed by atoms with Gasteiger partial charge in [0.1, 0.15) is 11.5 Å². The number of ether oxygens (including phenoxy) is 1. The van der Waals surface area contributed by atoms with Gasteiger partial charge in [-0.2, -0.15) is 10.2 Å². The Hall–Kier alpha value is -4.40. The number of aromatic nitrogens is 1. The Morgan fingerprint density at radius 3 is 2.60 bits per heavy atom. The van der Waals surface area contributed by atoms with Crippen LogP contribution in [-0.4, -0.2) is 47.0 Å². The molecule has 1 heterocycles. The number of hydrogen-bond acceptors (Lipinski definition) is 8. The van der Waals surface area contributed by atoms with Gasteiger partial charge in [-0.25, -0.2) is 4.79 Å². The largest absolute Gasteiger partial charge is 0.505 e. The SMILES string of the molecule is CCOC(=O)c1c(C)c(-c2cccc(N/N=C(C=O)/C(C)=N\N(C)c3ccc4c(c3)CCCC4)c2O)n(C)c1C. The first-order valence-electron chi connectivity index (χ1n) is 13.5. The van der Waals surface area contributed by atoms with Gasteiger partial charge in [0.15, 0.2) is 6.29 Å². The number of phenols is 1. The molecule has 0 aliphatic heterocycles. The zero-order chi connectivity index (χ0) is 29.0. The molecule has 1 aromatic heterocycles. The van der Waals surface area contributed by atoms with Crippen molar-refractivity contribution in [1.82, 2.24) is 4.57 Å². The lowest BCUT2D eigenvalue weighted by Gasteiger charge is -2.20. The smallest absolute Gasteiger partial charge is 0.340 e. The van der Waals surface area contributed by atoms with E-state index in [0.29, 0.717) is 40.1 Å². The van der Waals surface area contributed by atoms with Crippen molar-refractivity contribution < 1.29 is 19.4 Å². The molecule has 210 valence electrons. The number of hydrogen-bond donors (Lipinski definition) is 2. The second-order valence-electron chi connectivity index (χ2n) is 10.0. The minimum Gasteiger partial charge on any atom is -0.505 e. The maximum absolute atomic E-state index is 12.6. The third-order valence-electron chi connectivity index (χ3n) is 7.49. The van der Waals surface area contributed by atoms with E-state index < -0.39 is 5.97 Å². The van der Waals surface area contributed by atoms with Crippen molar-refractivity contribution in [2.75, 3.05) is 24.1 Å². The predicted molar refractivity (Wildman–Crippen MR) is 160 cm³/mol. The summed E-state index contributed by atoms with van der Waals surface area (Å²) in [6, 6.07) is 11.6. The van der Waals surface area contributed by atoms with Crippen LogP contribution in [0, 0.1) is 13.8 Å². The van der Waals surface area contributed by atoms with Crippen molar-refractivity contribution >= 4 is 35.1 Å². The molecule has 0 spiro atoms. The zero-order valence-electron chi connectivity index (χ0n) is 24.0. The fraction of sp³-hybridized carbons (Fsp3) is 0.355. The van der Waals surface area contributed by atoms with Crippen LogP contribution in [0.5, 0.6) is 5.75 Å². The highest BCUT2D eigenvalue weighted by atomic mass is 16.5. The number of carbonyl (C=O) groups is 2. The highest BCUT2D eigenvalue weighted by Gasteiger charge is 2.25. The number of esters is 1. The van der Waals surface area contributed by atoms with E-state index in [1.54, 1.807) is 37.1 Å². The maximum atomic E-state index is 12.6. The molecule has 0 saturated carbocycles. The number of aromatic hydroxyl groups is 1. The third-order valence-corrected chi connectivity index (χ3v) is 7.49. The number of para-hydroxylation sites is 1. The van der Waals surface area contributed by atoms with Gasteiger partial charge in [-0.3, -0.25) is 15.2 Å². The molecule has 2 aromatic carbocycles. The fourth-order valence-electron chi connectivity index (χ4n) is 5.26. The minimum absolute atomic E-state index is 0.0589. The first kappa shape index (κ1) is 28.6. The Kier molecular flexibility index (Phi) is 8.72. The van der Waals surface area contributed by atoms with Crippen LogP contribution in [0.15, 0.2) is 46.6 Å². The number of aldehydes is 1. The molecule has 0 bridgehead atoms. The van der Waals surface area contributed by atoms with Crippen molar-refractivity contribution in [3.8, 4) is 17.0 Å². The monoisotopic (exact) mass is 543 g/mol. The van der Waals surface area contributed by atoms with Crippen molar-refractivity contribution in [2.24, 2.45) is 17.3 Å². The lowest BCUT2D eigenvalue weighted by molar-refractivity contribution is -0.102. The molecular weight excluding hydrogens is 506 g/mol. The van der Waals surface area contributed by atoms with E-state index in [-0.39, 0.29) is 18.1 Å². The van der Waals surface area contributed by atoms with Gasteiger partial charge in [0, 0.05) is 25.4 Å². The molecule has 0 saturated heterocycles. The standard InChI is InChI=1S/C31H37N5O4/c1-7-40-31(39)28-19(2)29(35(5)21(28)4)25-13-10-14-26(30(25)38)32-33-27(18-37)20(3)34-36(6)24-16-15-22-11-8-9-12-23(22)17-24/h10,13-18,32,38H,7-9,11-12H2,1-6H3/b33-27+,34-20-. The van der Waals surface area contributed by atoms with Gasteiger partial charge in [0.25, 0.3) is 0 Å². The van der Waals surface area contributed by atoms with Crippen LogP contribution in [0.1, 0.15) is 59.4 Å². The van der Waals surface area contributed by atoms with E-state index in [9.17, 15) is 14.7 Å². The molecule has 3 aromatic rings. The van der Waals surface area contributed by atoms with Crippen molar-refractivity contribution in [2.45, 2.75) is 53.4 Å². The van der Waals surface area contributed by atoms with Crippen LogP contribution in [0.4, 0.5) is 11.4 Å². The number of fused-ring (bicyclic) bond motifs is 1. The first-order chi connectivity index (χ1) is 19.2. The molecule has 1 aliphatic carbocycles. The summed E-state index contributed by atoms with van der Waals surface area (Å²) in [5, 5.41) is 21.7. The second kappa shape index (κ2) is 12.2. The van der Waals surface area contributed by atoms with Gasteiger partial charge < -0.3 is 14.4 Å². The lowest BCUT2D eigenvalue weighted by atomic mass is 9.91. The van der Waals surface area contributed by atoms with Crippen molar-refractivity contribution in [3.05, 3.63) is 64.3 Å². The topological polar surface area (TPSA) is 109 Å². The van der Waals surface area contributed by atoms with E-state index in [1.807, 2.05) is 38.6 Å². The summed E-state index contributed by atoms with van der Waals surface area (Å²) in [7, 11) is 3.68. The van der Waals surface area contributed by atoms with Gasteiger partial charge in [-0.1, -0.05) is 12.1 Å². The number of aryl methyl sites for hydroxylation is 2. The number of anilines is 2. The number of nitrogens with one attached hydrogen (secondary N) is 1. The van der Waals surface area contributed by atoms with Crippen LogP contribution < -0.4 is 10.4 Å². The molecule has 0 amide bonds. The van der Waals surface area contributed by atoms with Crippen molar-refractivity contribution in [1.29, 1.82) is 0 Å². The molecule has 40 heavy (non-hydrogen) atoms. The summed E-state index contributed by atoms with van der Waals surface area (Å²) < 4.78 is 7.09. The van der Waals surface area contributed by atoms with E-state index in [4.69, 9.17) is 4.74 Å². The highest BCUT2D eigenvalue weighted by molar-refractivity contribution is 6.61. The van der Waals surface area contributed by atoms with Gasteiger partial charge >= 0.3 is 5.97 Å². The van der Waals surface area contributed by atoms with E-state index >= 15 is 0 Å². The van der Waals surface area contributed by atoms with Crippen LogP contribution in [0.25, 0.3) is 11.3 Å². The Labute approximate surface area is 235 Å². The zero-order valence-corrected chi connectivity index (χ0v) is 24.0. The summed E-state index contributed by atoms with van der Waals surface area (Å²) >= 11 is 0. The third kappa shape index (κ3) is 5.64. The molecule has 0 fully saturated rings. The molecule has 1 aliphatic rings. The number of hydrazone groups is 2. The summed E-state index contributed by atoms with van der Waals surface area (Å²) in [6.45, 7) is 7.42. The molecule has 2 N–H and O–H groups in total. The van der Waals surface area contributed by atoms with E-state index in [1.165, 1.54) is 24.0 Å². The molecule has 0 unspecified atom stereocenters. The summed E-state index contributed by atoms with van der Waals surface area (Å²) in [5.74, 6) is -0.458. The van der Waals surface area contributed by atoms with Crippen LogP contribution in [0.3, 0.4) is 0 Å². The Balaban J connectivity index is 1.59. The second-order valence-corrected chi connectivity index (χ2v) is 10.0. The minimum atomic E-state index is -0.400. The molecule has 9 nitrogen and oxygen atoms in total. The number of phenolic OH excluding ortho intramolecular Hbond substituents is 1. The normalized spacial score (nSPS) is 13.6. The van der Waals surface area contributed by atoms with Crippen LogP contribution >= 0.6 is 0 Å². The van der Waals surface area contributed by atoms with Crippen molar-refractivity contribution in [3.63, 3.8) is 0 Å². The Bertz CT molecular complexity index is 1500. The fourth-order valence-corrected chi connectivity index (χ4v) is 5.26. The molecular formula is C31H37N5O4. The molecule has 0 atom stereocenters. The van der Waals surface area contributed by atoms with E-state index in [2.05, 4.69) is 27.8 Å². The Morgan fingerprint density at radius 2 is 1.90 bits per heavy atom. The summed E-state index contributed by atoms with van der Waals surface area (Å²) in [5.41, 5.74) is 10.5. The summed E-state index contributed by atoms with van der Waals surface area (Å²) in [4.78, 5) is 24.5. The first-order valence-corrected chi connectivity index (χ1v) is 13.5. The van der Waals surface area contributed by atoms with Crippen LogP contribution in [0.2, 0.25) is 0 Å².